The molecule has 7 nitrogen and oxygen atoms in total. The molecule has 0 atom stereocenters. The van der Waals surface area contributed by atoms with Gasteiger partial charge in [-0.2, -0.15) is 0 Å². The Kier molecular flexibility index (Phi) is 4.71. The average Bonchev–Trinajstić information content (AvgIpc) is 2.50. The van der Waals surface area contributed by atoms with Gasteiger partial charge in [-0.15, -0.1) is 0 Å². The van der Waals surface area contributed by atoms with Crippen LogP contribution in [0.1, 0.15) is 6.42 Å². The van der Waals surface area contributed by atoms with Crippen LogP contribution in [-0.2, 0) is 14.4 Å². The molecule has 1 aliphatic heterocycles. The van der Waals surface area contributed by atoms with Crippen molar-refractivity contribution in [3.05, 3.63) is 0 Å². The SMILES string of the molecule is NCCNC(=O)C(=O)N1CCNC(=O)CC1. The molecular formula is C9H16N4O3. The van der Waals surface area contributed by atoms with Crippen LogP contribution in [0.4, 0.5) is 0 Å². The zero-order valence-electron chi connectivity index (χ0n) is 8.99. The van der Waals surface area contributed by atoms with Crippen molar-refractivity contribution in [3.63, 3.8) is 0 Å². The molecule has 0 aromatic heterocycles. The van der Waals surface area contributed by atoms with Crippen LogP contribution in [0.3, 0.4) is 0 Å². The van der Waals surface area contributed by atoms with Crippen LogP contribution in [0, 0.1) is 0 Å². The monoisotopic (exact) mass is 228 g/mol. The summed E-state index contributed by atoms with van der Waals surface area (Å²) in [5, 5.41) is 5.03. The molecule has 0 saturated carbocycles. The second-order valence-corrected chi connectivity index (χ2v) is 3.44. The van der Waals surface area contributed by atoms with Gasteiger partial charge in [-0.05, 0) is 0 Å². The van der Waals surface area contributed by atoms with Crippen LogP contribution in [0.2, 0.25) is 0 Å². The maximum absolute atomic E-state index is 11.6. The van der Waals surface area contributed by atoms with Gasteiger partial charge in [-0.3, -0.25) is 14.4 Å². The van der Waals surface area contributed by atoms with E-state index in [1.165, 1.54) is 4.90 Å². The lowest BCUT2D eigenvalue weighted by atomic mass is 10.3. The molecule has 1 heterocycles. The van der Waals surface area contributed by atoms with E-state index in [4.69, 9.17) is 5.73 Å². The molecule has 1 fully saturated rings. The Hall–Kier alpha value is -1.63. The molecule has 0 radical (unpaired) electrons. The minimum absolute atomic E-state index is 0.0994. The van der Waals surface area contributed by atoms with E-state index in [0.29, 0.717) is 19.6 Å². The maximum Gasteiger partial charge on any atom is 0.311 e. The number of amides is 3. The third-order valence-corrected chi connectivity index (χ3v) is 2.22. The van der Waals surface area contributed by atoms with Crippen molar-refractivity contribution in [1.82, 2.24) is 15.5 Å². The number of carbonyl (C=O) groups is 3. The Morgan fingerprint density at radius 1 is 1.44 bits per heavy atom. The number of nitrogens with two attached hydrogens (primary N) is 1. The summed E-state index contributed by atoms with van der Waals surface area (Å²) >= 11 is 0. The molecule has 0 bridgehead atoms. The van der Waals surface area contributed by atoms with E-state index in [1.807, 2.05) is 0 Å². The third kappa shape index (κ3) is 3.50. The summed E-state index contributed by atoms with van der Waals surface area (Å²) in [5.41, 5.74) is 5.20. The van der Waals surface area contributed by atoms with Crippen LogP contribution in [-0.4, -0.2) is 55.3 Å². The molecule has 3 amide bonds. The van der Waals surface area contributed by atoms with Crippen molar-refractivity contribution in [2.24, 2.45) is 5.73 Å². The van der Waals surface area contributed by atoms with E-state index in [9.17, 15) is 14.4 Å². The molecule has 16 heavy (non-hydrogen) atoms. The Bertz CT molecular complexity index is 292. The number of nitrogens with one attached hydrogen (secondary N) is 2. The number of rotatable bonds is 2. The van der Waals surface area contributed by atoms with Crippen LogP contribution in [0.5, 0.6) is 0 Å². The summed E-state index contributed by atoms with van der Waals surface area (Å²) in [6.45, 7) is 1.59. The second kappa shape index (κ2) is 6.06. The topological polar surface area (TPSA) is 105 Å². The summed E-state index contributed by atoms with van der Waals surface area (Å²) in [5.74, 6) is -1.37. The third-order valence-electron chi connectivity index (χ3n) is 2.22. The van der Waals surface area contributed by atoms with E-state index < -0.39 is 11.8 Å². The van der Waals surface area contributed by atoms with Gasteiger partial charge in [0.05, 0.1) is 0 Å². The predicted molar refractivity (Wildman–Crippen MR) is 56.3 cm³/mol. The lowest BCUT2D eigenvalue weighted by molar-refractivity contribution is -0.145. The van der Waals surface area contributed by atoms with Gasteiger partial charge in [0.2, 0.25) is 5.91 Å². The van der Waals surface area contributed by atoms with E-state index in [0.717, 1.165) is 0 Å². The molecule has 1 rings (SSSR count). The summed E-state index contributed by atoms with van der Waals surface area (Å²) in [6.07, 6.45) is 0.232. The van der Waals surface area contributed by atoms with Crippen LogP contribution in [0.25, 0.3) is 0 Å². The maximum atomic E-state index is 11.6. The zero-order valence-corrected chi connectivity index (χ0v) is 8.99. The molecule has 0 aromatic carbocycles. The van der Waals surface area contributed by atoms with Crippen LogP contribution >= 0.6 is 0 Å². The van der Waals surface area contributed by atoms with Crippen molar-refractivity contribution >= 4 is 17.7 Å². The molecule has 0 unspecified atom stereocenters. The summed E-state index contributed by atoms with van der Waals surface area (Å²) in [7, 11) is 0. The van der Waals surface area contributed by atoms with Crippen molar-refractivity contribution in [3.8, 4) is 0 Å². The summed E-state index contributed by atoms with van der Waals surface area (Å²) < 4.78 is 0. The highest BCUT2D eigenvalue weighted by molar-refractivity contribution is 6.35. The number of carbonyl (C=O) groups excluding carboxylic acids is 3. The smallest absolute Gasteiger partial charge is 0.311 e. The van der Waals surface area contributed by atoms with Gasteiger partial charge in [0.15, 0.2) is 0 Å². The molecule has 0 aromatic rings. The lowest BCUT2D eigenvalue weighted by Gasteiger charge is -2.18. The van der Waals surface area contributed by atoms with Gasteiger partial charge >= 0.3 is 11.8 Å². The average molecular weight is 228 g/mol. The molecule has 90 valence electrons. The fraction of sp³-hybridized carbons (Fsp3) is 0.667. The van der Waals surface area contributed by atoms with Gasteiger partial charge in [0.1, 0.15) is 0 Å². The Morgan fingerprint density at radius 3 is 2.88 bits per heavy atom. The van der Waals surface area contributed by atoms with E-state index >= 15 is 0 Å². The Morgan fingerprint density at radius 2 is 2.19 bits per heavy atom. The highest BCUT2D eigenvalue weighted by Crippen LogP contribution is 1.97. The molecule has 1 saturated heterocycles. The van der Waals surface area contributed by atoms with Gasteiger partial charge in [0, 0.05) is 39.1 Å². The molecule has 0 aliphatic carbocycles. The van der Waals surface area contributed by atoms with Crippen molar-refractivity contribution in [2.75, 3.05) is 32.7 Å². The van der Waals surface area contributed by atoms with Gasteiger partial charge in [0.25, 0.3) is 0 Å². The van der Waals surface area contributed by atoms with Crippen molar-refractivity contribution in [2.45, 2.75) is 6.42 Å². The normalized spacial score (nSPS) is 16.3. The Balaban J connectivity index is 2.46. The zero-order chi connectivity index (χ0) is 12.0. The standard InChI is InChI=1S/C9H16N4O3/c10-2-3-12-8(15)9(16)13-5-1-7(14)11-4-6-13/h1-6,10H2,(H,11,14)(H,12,15). The quantitative estimate of drug-likeness (QED) is 0.451. The molecule has 4 N–H and O–H groups in total. The first-order valence-corrected chi connectivity index (χ1v) is 5.19. The fourth-order valence-corrected chi connectivity index (χ4v) is 1.37. The molecule has 0 spiro atoms. The lowest BCUT2D eigenvalue weighted by Crippen LogP contribution is -2.45. The van der Waals surface area contributed by atoms with Crippen molar-refractivity contribution in [1.29, 1.82) is 0 Å². The minimum Gasteiger partial charge on any atom is -0.354 e. The summed E-state index contributed by atoms with van der Waals surface area (Å²) in [6, 6.07) is 0. The molecule has 7 heteroatoms. The van der Waals surface area contributed by atoms with E-state index in [2.05, 4.69) is 10.6 Å². The van der Waals surface area contributed by atoms with E-state index in [1.54, 1.807) is 0 Å². The minimum atomic E-state index is -0.667. The van der Waals surface area contributed by atoms with Crippen LogP contribution < -0.4 is 16.4 Å². The largest absolute Gasteiger partial charge is 0.354 e. The second-order valence-electron chi connectivity index (χ2n) is 3.44. The number of hydrogen-bond donors (Lipinski definition) is 3. The molecule has 1 aliphatic rings. The van der Waals surface area contributed by atoms with Gasteiger partial charge in [-0.25, -0.2) is 0 Å². The fourth-order valence-electron chi connectivity index (χ4n) is 1.37. The van der Waals surface area contributed by atoms with Gasteiger partial charge < -0.3 is 21.3 Å². The number of nitrogens with zero attached hydrogens (tertiary/aromatic N) is 1. The Labute approximate surface area is 93.3 Å². The van der Waals surface area contributed by atoms with Crippen molar-refractivity contribution < 1.29 is 14.4 Å². The number of hydrogen-bond acceptors (Lipinski definition) is 4. The highest BCUT2D eigenvalue weighted by Gasteiger charge is 2.23. The van der Waals surface area contributed by atoms with Crippen LogP contribution in [0.15, 0.2) is 0 Å². The predicted octanol–water partition coefficient (Wildman–Crippen LogP) is -2.59. The first-order valence-electron chi connectivity index (χ1n) is 5.19. The summed E-state index contributed by atoms with van der Waals surface area (Å²) in [4.78, 5) is 35.3. The van der Waals surface area contributed by atoms with Gasteiger partial charge in [-0.1, -0.05) is 0 Å². The van der Waals surface area contributed by atoms with E-state index in [-0.39, 0.29) is 25.4 Å². The first-order chi connectivity index (χ1) is 7.65. The molecular weight excluding hydrogens is 212 g/mol. The highest BCUT2D eigenvalue weighted by atomic mass is 16.2. The first kappa shape index (κ1) is 12.4.